The molecular formula is C30H35N5O6. The van der Waals surface area contributed by atoms with E-state index in [1.165, 1.54) is 6.42 Å². The van der Waals surface area contributed by atoms with Crippen molar-refractivity contribution in [2.75, 3.05) is 18.4 Å². The largest absolute Gasteiger partial charge is 0.444 e. The number of hydrogen-bond acceptors (Lipinski definition) is 8. The van der Waals surface area contributed by atoms with Crippen LogP contribution >= 0.6 is 0 Å². The Bertz CT molecular complexity index is 1400. The quantitative estimate of drug-likeness (QED) is 0.512. The minimum atomic E-state index is -1.02. The summed E-state index contributed by atoms with van der Waals surface area (Å²) in [6, 6.07) is 3.92. The summed E-state index contributed by atoms with van der Waals surface area (Å²) in [5.41, 5.74) is 0.642. The number of fused-ring (bicyclic) bond motifs is 1. The Morgan fingerprint density at radius 3 is 2.56 bits per heavy atom. The summed E-state index contributed by atoms with van der Waals surface area (Å²) >= 11 is 0. The molecule has 1 aliphatic carbocycles. The van der Waals surface area contributed by atoms with Crippen molar-refractivity contribution in [3.05, 3.63) is 47.2 Å². The molecule has 5 amide bonds. The summed E-state index contributed by atoms with van der Waals surface area (Å²) in [5, 5.41) is 5.40. The van der Waals surface area contributed by atoms with Crippen molar-refractivity contribution in [3.63, 3.8) is 0 Å². The Balaban J connectivity index is 1.08. The number of nitrogens with zero attached hydrogens (tertiary/aromatic N) is 3. The number of benzene rings is 1. The molecule has 1 saturated carbocycles. The molecule has 4 aliphatic rings. The maximum absolute atomic E-state index is 13.3. The maximum Gasteiger partial charge on any atom is 0.264 e. The van der Waals surface area contributed by atoms with Crippen LogP contribution in [0.15, 0.2) is 28.8 Å². The number of hydrogen-bond donors (Lipinski definition) is 2. The van der Waals surface area contributed by atoms with Gasteiger partial charge in [-0.3, -0.25) is 34.2 Å². The van der Waals surface area contributed by atoms with Crippen LogP contribution in [-0.2, 0) is 20.9 Å². The van der Waals surface area contributed by atoms with Gasteiger partial charge in [0.25, 0.3) is 11.8 Å². The zero-order valence-corrected chi connectivity index (χ0v) is 23.2. The fourth-order valence-electron chi connectivity index (χ4n) is 6.69. The highest BCUT2D eigenvalue weighted by Gasteiger charge is 2.45. The van der Waals surface area contributed by atoms with Crippen molar-refractivity contribution in [3.8, 4) is 0 Å². The van der Waals surface area contributed by atoms with Crippen LogP contribution in [0.5, 0.6) is 0 Å². The number of rotatable bonds is 6. The monoisotopic (exact) mass is 561 g/mol. The number of oxazole rings is 1. The molecule has 1 atom stereocenters. The van der Waals surface area contributed by atoms with Crippen LogP contribution in [0, 0.1) is 5.41 Å². The van der Waals surface area contributed by atoms with Crippen molar-refractivity contribution in [2.45, 2.75) is 83.2 Å². The third-order valence-electron chi connectivity index (χ3n) is 9.10. The highest BCUT2D eigenvalue weighted by molar-refractivity contribution is 6.25. The molecule has 1 aromatic heterocycles. The van der Waals surface area contributed by atoms with E-state index < -0.39 is 29.7 Å². The van der Waals surface area contributed by atoms with Gasteiger partial charge in [-0.1, -0.05) is 32.3 Å². The third kappa shape index (κ3) is 5.02. The van der Waals surface area contributed by atoms with Crippen LogP contribution in [0.4, 0.5) is 5.69 Å². The highest BCUT2D eigenvalue weighted by atomic mass is 16.4. The summed E-state index contributed by atoms with van der Waals surface area (Å²) in [7, 11) is 0. The second-order valence-electron chi connectivity index (χ2n) is 11.9. The molecular weight excluding hydrogens is 526 g/mol. The summed E-state index contributed by atoms with van der Waals surface area (Å²) in [5.74, 6) is -0.517. The lowest BCUT2D eigenvalue weighted by molar-refractivity contribution is -0.144. The normalized spacial score (nSPS) is 23.0. The Morgan fingerprint density at radius 2 is 1.83 bits per heavy atom. The van der Waals surface area contributed by atoms with Crippen LogP contribution in [0.2, 0.25) is 0 Å². The van der Waals surface area contributed by atoms with Gasteiger partial charge in [0, 0.05) is 36.5 Å². The molecule has 6 rings (SSSR count). The smallest absolute Gasteiger partial charge is 0.264 e. The first-order valence-electron chi connectivity index (χ1n) is 14.6. The molecule has 0 bridgehead atoms. The Morgan fingerprint density at radius 1 is 1.07 bits per heavy atom. The van der Waals surface area contributed by atoms with Crippen LogP contribution in [0.25, 0.3) is 0 Å². The molecule has 2 saturated heterocycles. The average molecular weight is 562 g/mol. The van der Waals surface area contributed by atoms with E-state index in [-0.39, 0.29) is 47.8 Å². The van der Waals surface area contributed by atoms with Crippen molar-refractivity contribution in [2.24, 2.45) is 5.41 Å². The third-order valence-corrected chi connectivity index (χ3v) is 9.10. The SMILES string of the molecule is CC1(C(=O)N2CCC(c3ncc(CNc4cccc5c4C(=O)N(C4CCC(=O)NC4=O)C5=O)o3)CC2)CCCCC1. The van der Waals surface area contributed by atoms with Gasteiger partial charge in [-0.05, 0) is 44.2 Å². The van der Waals surface area contributed by atoms with E-state index >= 15 is 0 Å². The molecule has 1 unspecified atom stereocenters. The van der Waals surface area contributed by atoms with E-state index in [1.807, 2.05) is 4.90 Å². The van der Waals surface area contributed by atoms with Gasteiger partial charge in [-0.2, -0.15) is 0 Å². The zero-order chi connectivity index (χ0) is 28.7. The van der Waals surface area contributed by atoms with Gasteiger partial charge < -0.3 is 14.6 Å². The molecule has 3 aliphatic heterocycles. The van der Waals surface area contributed by atoms with Crippen molar-refractivity contribution in [1.82, 2.24) is 20.1 Å². The molecule has 0 radical (unpaired) electrons. The number of carbonyl (C=O) groups is 5. The fourth-order valence-corrected chi connectivity index (χ4v) is 6.69. The van der Waals surface area contributed by atoms with Gasteiger partial charge in [0.1, 0.15) is 11.8 Å². The molecule has 2 aromatic rings. The molecule has 4 heterocycles. The minimum Gasteiger partial charge on any atom is -0.444 e. The first-order chi connectivity index (χ1) is 19.7. The topological polar surface area (TPSA) is 142 Å². The highest BCUT2D eigenvalue weighted by Crippen LogP contribution is 2.39. The lowest BCUT2D eigenvalue weighted by Crippen LogP contribution is -2.54. The van der Waals surface area contributed by atoms with E-state index in [2.05, 4.69) is 22.5 Å². The summed E-state index contributed by atoms with van der Waals surface area (Å²) in [4.78, 5) is 71.0. The van der Waals surface area contributed by atoms with Crippen LogP contribution < -0.4 is 10.6 Å². The summed E-state index contributed by atoms with van der Waals surface area (Å²) in [6.07, 6.45) is 8.84. The number of likely N-dealkylation sites (tertiary alicyclic amines) is 1. The van der Waals surface area contributed by atoms with Crippen molar-refractivity contribution < 1.29 is 28.4 Å². The number of nitrogens with one attached hydrogen (secondary N) is 2. The molecule has 1 aromatic carbocycles. The van der Waals surface area contributed by atoms with E-state index in [0.29, 0.717) is 30.4 Å². The molecule has 11 nitrogen and oxygen atoms in total. The van der Waals surface area contributed by atoms with Gasteiger partial charge in [-0.25, -0.2) is 4.98 Å². The standard InChI is InChI=1S/C30H35N5O6/c1-30(12-3-2-4-13-30)29(40)34-14-10-18(11-15-34)26-32-17-19(41-26)16-31-21-7-5-6-20-24(21)28(39)35(27(20)38)22-8-9-23(36)33-25(22)37/h5-7,17-18,22,31H,2-4,8-16H2,1H3,(H,33,36,37). The molecule has 216 valence electrons. The minimum absolute atomic E-state index is 0.0669. The molecule has 11 heteroatoms. The zero-order valence-electron chi connectivity index (χ0n) is 23.2. The van der Waals surface area contributed by atoms with Gasteiger partial charge in [0.15, 0.2) is 5.89 Å². The van der Waals surface area contributed by atoms with E-state index in [4.69, 9.17) is 4.42 Å². The Labute approximate surface area is 238 Å². The van der Waals surface area contributed by atoms with Crippen LogP contribution in [-0.4, -0.2) is 63.5 Å². The van der Waals surface area contributed by atoms with Crippen molar-refractivity contribution >= 4 is 35.2 Å². The Hall–Kier alpha value is -4.02. The summed E-state index contributed by atoms with van der Waals surface area (Å²) < 4.78 is 6.06. The number of aromatic nitrogens is 1. The lowest BCUT2D eigenvalue weighted by atomic mass is 9.74. The first kappa shape index (κ1) is 27.2. The predicted octanol–water partition coefficient (Wildman–Crippen LogP) is 3.36. The van der Waals surface area contributed by atoms with Gasteiger partial charge in [0.05, 0.1) is 23.9 Å². The van der Waals surface area contributed by atoms with E-state index in [0.717, 1.165) is 43.4 Å². The number of anilines is 1. The maximum atomic E-state index is 13.3. The van der Waals surface area contributed by atoms with E-state index in [9.17, 15) is 24.0 Å². The van der Waals surface area contributed by atoms with Crippen LogP contribution in [0.1, 0.15) is 103 Å². The molecule has 2 N–H and O–H groups in total. The van der Waals surface area contributed by atoms with Gasteiger partial charge in [-0.15, -0.1) is 0 Å². The first-order valence-corrected chi connectivity index (χ1v) is 14.6. The van der Waals surface area contributed by atoms with Crippen LogP contribution in [0.3, 0.4) is 0 Å². The lowest BCUT2D eigenvalue weighted by Gasteiger charge is -2.39. The Kier molecular flexibility index (Phi) is 7.13. The predicted molar refractivity (Wildman–Crippen MR) is 147 cm³/mol. The van der Waals surface area contributed by atoms with Gasteiger partial charge in [0.2, 0.25) is 17.7 Å². The number of amides is 5. The van der Waals surface area contributed by atoms with Crippen molar-refractivity contribution in [1.29, 1.82) is 0 Å². The number of piperidine rings is 2. The molecule has 41 heavy (non-hydrogen) atoms. The number of imide groups is 2. The average Bonchev–Trinajstić information content (AvgIpc) is 3.55. The fraction of sp³-hybridized carbons (Fsp3) is 0.533. The van der Waals surface area contributed by atoms with Gasteiger partial charge >= 0.3 is 0 Å². The summed E-state index contributed by atoms with van der Waals surface area (Å²) in [6.45, 7) is 3.76. The molecule has 0 spiro atoms. The van der Waals surface area contributed by atoms with E-state index in [1.54, 1.807) is 24.4 Å². The molecule has 3 fully saturated rings. The number of carbonyl (C=O) groups excluding carboxylic acids is 5. The second kappa shape index (κ2) is 10.8. The second-order valence-corrected chi connectivity index (χ2v) is 11.9.